The molecular weight excluding hydrogens is 260 g/mol. The number of carbonyl (C=O) groups is 1. The highest BCUT2D eigenvalue weighted by atomic mass is 35.5. The number of nitro groups is 1. The normalized spacial score (nSPS) is 10.1. The van der Waals surface area contributed by atoms with E-state index in [9.17, 15) is 14.9 Å². The smallest absolute Gasteiger partial charge is 0.321 e. The molecule has 0 spiro atoms. The first-order valence-corrected chi connectivity index (χ1v) is 5.21. The fraction of sp³-hybridized carbons (Fsp3) is 0. The van der Waals surface area contributed by atoms with Crippen molar-refractivity contribution < 1.29 is 9.72 Å². The van der Waals surface area contributed by atoms with Gasteiger partial charge in [-0.25, -0.2) is 9.97 Å². The summed E-state index contributed by atoms with van der Waals surface area (Å²) in [6, 6.07) is 7.28. The largest absolute Gasteiger partial charge is 0.358 e. The molecule has 2 aromatic rings. The number of aromatic amines is 1. The van der Waals surface area contributed by atoms with Crippen LogP contribution in [0.15, 0.2) is 30.3 Å². The molecule has 0 radical (unpaired) electrons. The standard InChI is InChI=1S/C10H7ClN4O3/c11-7-2-1-3-8(13-7)14-10(16)6-4-5-9(12-6)15(17)18/h1-5,12H,(H,13,14,16). The van der Waals surface area contributed by atoms with E-state index in [0.717, 1.165) is 0 Å². The van der Waals surface area contributed by atoms with E-state index in [4.69, 9.17) is 11.6 Å². The highest BCUT2D eigenvalue weighted by molar-refractivity contribution is 6.29. The Kier molecular flexibility index (Phi) is 3.24. The molecule has 7 nitrogen and oxygen atoms in total. The van der Waals surface area contributed by atoms with E-state index in [-0.39, 0.29) is 22.5 Å². The van der Waals surface area contributed by atoms with Crippen LogP contribution >= 0.6 is 11.6 Å². The van der Waals surface area contributed by atoms with Crippen molar-refractivity contribution in [1.82, 2.24) is 9.97 Å². The number of rotatable bonds is 3. The molecule has 2 N–H and O–H groups in total. The lowest BCUT2D eigenvalue weighted by molar-refractivity contribution is -0.389. The third kappa shape index (κ3) is 2.64. The van der Waals surface area contributed by atoms with E-state index < -0.39 is 10.8 Å². The summed E-state index contributed by atoms with van der Waals surface area (Å²) in [5.74, 6) is -0.512. The lowest BCUT2D eigenvalue weighted by Crippen LogP contribution is -2.13. The van der Waals surface area contributed by atoms with E-state index in [2.05, 4.69) is 15.3 Å². The first-order chi connectivity index (χ1) is 8.56. The third-order valence-corrected chi connectivity index (χ3v) is 2.28. The van der Waals surface area contributed by atoms with Gasteiger partial charge in [0.05, 0.1) is 0 Å². The van der Waals surface area contributed by atoms with Gasteiger partial charge in [-0.1, -0.05) is 17.7 Å². The Morgan fingerprint density at radius 3 is 2.78 bits per heavy atom. The van der Waals surface area contributed by atoms with Crippen LogP contribution in [-0.4, -0.2) is 20.8 Å². The summed E-state index contributed by atoms with van der Waals surface area (Å²) in [6.07, 6.45) is 0. The van der Waals surface area contributed by atoms with Gasteiger partial charge in [0.25, 0.3) is 5.91 Å². The quantitative estimate of drug-likeness (QED) is 0.505. The molecule has 0 aliphatic heterocycles. The maximum absolute atomic E-state index is 11.7. The summed E-state index contributed by atoms with van der Waals surface area (Å²) in [5, 5.41) is 13.2. The molecule has 18 heavy (non-hydrogen) atoms. The third-order valence-electron chi connectivity index (χ3n) is 2.07. The van der Waals surface area contributed by atoms with Crippen LogP contribution < -0.4 is 5.32 Å². The molecule has 0 bridgehead atoms. The molecule has 2 rings (SSSR count). The molecule has 0 unspecified atom stereocenters. The zero-order chi connectivity index (χ0) is 13.1. The SMILES string of the molecule is O=C(Nc1cccc(Cl)n1)c1ccc([N+](=O)[O-])[nH]1. The van der Waals surface area contributed by atoms with Gasteiger partial charge in [-0.15, -0.1) is 0 Å². The highest BCUT2D eigenvalue weighted by Crippen LogP contribution is 2.13. The second kappa shape index (κ2) is 4.84. The first kappa shape index (κ1) is 12.1. The van der Waals surface area contributed by atoms with Crippen LogP contribution in [0.3, 0.4) is 0 Å². The van der Waals surface area contributed by atoms with E-state index in [1.165, 1.54) is 12.1 Å². The predicted molar refractivity (Wildman–Crippen MR) is 64.6 cm³/mol. The van der Waals surface area contributed by atoms with Crippen LogP contribution in [0.5, 0.6) is 0 Å². The molecule has 0 fully saturated rings. The lowest BCUT2D eigenvalue weighted by Gasteiger charge is -2.01. The molecule has 2 aromatic heterocycles. The number of halogens is 1. The maximum atomic E-state index is 11.7. The Bertz CT molecular complexity index is 611. The van der Waals surface area contributed by atoms with Crippen LogP contribution in [0.2, 0.25) is 5.15 Å². The van der Waals surface area contributed by atoms with Gasteiger partial charge in [0, 0.05) is 6.07 Å². The van der Waals surface area contributed by atoms with Gasteiger partial charge in [-0.2, -0.15) is 0 Å². The lowest BCUT2D eigenvalue weighted by atomic mass is 10.4. The molecule has 0 saturated heterocycles. The van der Waals surface area contributed by atoms with Crippen molar-refractivity contribution in [3.8, 4) is 0 Å². The number of anilines is 1. The molecule has 0 saturated carbocycles. The molecule has 8 heteroatoms. The minimum Gasteiger partial charge on any atom is -0.358 e. The average molecular weight is 267 g/mol. The Balaban J connectivity index is 2.14. The number of nitrogens with zero attached hydrogens (tertiary/aromatic N) is 2. The fourth-order valence-corrected chi connectivity index (χ4v) is 1.45. The van der Waals surface area contributed by atoms with Gasteiger partial charge in [0.2, 0.25) is 0 Å². The van der Waals surface area contributed by atoms with Crippen LogP contribution in [0.4, 0.5) is 11.6 Å². The van der Waals surface area contributed by atoms with Crippen LogP contribution in [0.25, 0.3) is 0 Å². The topological polar surface area (TPSA) is 101 Å². The fourth-order valence-electron chi connectivity index (χ4n) is 1.28. The number of amides is 1. The molecule has 0 aromatic carbocycles. The number of aromatic nitrogens is 2. The molecule has 2 heterocycles. The number of pyridine rings is 1. The summed E-state index contributed by atoms with van der Waals surface area (Å²) in [4.78, 5) is 27.8. The number of nitrogens with one attached hydrogen (secondary N) is 2. The van der Waals surface area contributed by atoms with Gasteiger partial charge in [0.1, 0.15) is 11.0 Å². The Labute approximate surface area is 106 Å². The molecule has 0 aliphatic carbocycles. The predicted octanol–water partition coefficient (Wildman–Crippen LogP) is 2.22. The van der Waals surface area contributed by atoms with Gasteiger partial charge < -0.3 is 15.4 Å². The van der Waals surface area contributed by atoms with E-state index in [1.807, 2.05) is 0 Å². The second-order valence-electron chi connectivity index (χ2n) is 3.31. The van der Waals surface area contributed by atoms with Gasteiger partial charge >= 0.3 is 5.82 Å². The zero-order valence-corrected chi connectivity index (χ0v) is 9.64. The summed E-state index contributed by atoms with van der Waals surface area (Å²) in [6.45, 7) is 0. The van der Waals surface area contributed by atoms with E-state index >= 15 is 0 Å². The van der Waals surface area contributed by atoms with Crippen molar-refractivity contribution >= 4 is 29.1 Å². The summed E-state index contributed by atoms with van der Waals surface area (Å²) in [5.41, 5.74) is 0.0727. The first-order valence-electron chi connectivity index (χ1n) is 4.83. The van der Waals surface area contributed by atoms with Crippen molar-refractivity contribution in [3.05, 3.63) is 51.3 Å². The molecule has 0 atom stereocenters. The van der Waals surface area contributed by atoms with Gasteiger partial charge in [-0.05, 0) is 23.1 Å². The van der Waals surface area contributed by atoms with Crippen LogP contribution in [-0.2, 0) is 0 Å². The maximum Gasteiger partial charge on any atom is 0.321 e. The minimum atomic E-state index is -0.617. The molecular formula is C10H7ClN4O3. The van der Waals surface area contributed by atoms with Gasteiger partial charge in [0.15, 0.2) is 5.69 Å². The highest BCUT2D eigenvalue weighted by Gasteiger charge is 2.15. The Hall–Kier alpha value is -2.41. The van der Waals surface area contributed by atoms with E-state index in [1.54, 1.807) is 18.2 Å². The second-order valence-corrected chi connectivity index (χ2v) is 3.70. The minimum absolute atomic E-state index is 0.0727. The average Bonchev–Trinajstić information content (AvgIpc) is 2.78. The molecule has 1 amide bonds. The molecule has 0 aliphatic rings. The zero-order valence-electron chi connectivity index (χ0n) is 8.88. The van der Waals surface area contributed by atoms with E-state index in [0.29, 0.717) is 0 Å². The monoisotopic (exact) mass is 266 g/mol. The molecule has 92 valence electrons. The van der Waals surface area contributed by atoms with Crippen molar-refractivity contribution in [2.24, 2.45) is 0 Å². The van der Waals surface area contributed by atoms with Crippen LogP contribution in [0, 0.1) is 10.1 Å². The number of carbonyl (C=O) groups excluding carboxylic acids is 1. The van der Waals surface area contributed by atoms with Crippen molar-refractivity contribution in [2.45, 2.75) is 0 Å². The van der Waals surface area contributed by atoms with Crippen molar-refractivity contribution in [1.29, 1.82) is 0 Å². The summed E-state index contributed by atoms with van der Waals surface area (Å²) >= 11 is 5.66. The van der Waals surface area contributed by atoms with Crippen molar-refractivity contribution in [3.63, 3.8) is 0 Å². The van der Waals surface area contributed by atoms with Crippen LogP contribution in [0.1, 0.15) is 10.5 Å². The summed E-state index contributed by atoms with van der Waals surface area (Å²) < 4.78 is 0. The van der Waals surface area contributed by atoms with Crippen molar-refractivity contribution in [2.75, 3.05) is 5.32 Å². The number of hydrogen-bond acceptors (Lipinski definition) is 4. The number of H-pyrrole nitrogens is 1. The summed E-state index contributed by atoms with van der Waals surface area (Å²) in [7, 11) is 0. The number of hydrogen-bond donors (Lipinski definition) is 2. The van der Waals surface area contributed by atoms with Gasteiger partial charge in [-0.3, -0.25) is 4.79 Å². The Morgan fingerprint density at radius 1 is 1.39 bits per heavy atom. The Morgan fingerprint density at radius 2 is 2.17 bits per heavy atom.